The maximum atomic E-state index is 13.8. The molecule has 1 aliphatic carbocycles. The summed E-state index contributed by atoms with van der Waals surface area (Å²) in [4.78, 5) is 12.0. The maximum absolute atomic E-state index is 13.8. The molecule has 1 amide bonds. The summed E-state index contributed by atoms with van der Waals surface area (Å²) in [5.41, 5.74) is -4.95. The molecule has 1 N–H and O–H groups in total. The third-order valence-electron chi connectivity index (χ3n) is 4.64. The van der Waals surface area contributed by atoms with Crippen LogP contribution in [0.3, 0.4) is 0 Å². The van der Waals surface area contributed by atoms with Gasteiger partial charge in [0.15, 0.2) is 17.2 Å². The van der Waals surface area contributed by atoms with Gasteiger partial charge in [0.1, 0.15) is 11.3 Å². The van der Waals surface area contributed by atoms with Crippen molar-refractivity contribution in [1.29, 1.82) is 0 Å². The highest BCUT2D eigenvalue weighted by Crippen LogP contribution is 2.49. The van der Waals surface area contributed by atoms with Gasteiger partial charge in [-0.25, -0.2) is 14.0 Å². The van der Waals surface area contributed by atoms with Gasteiger partial charge in [-0.15, -0.1) is 5.10 Å². The van der Waals surface area contributed by atoms with Crippen molar-refractivity contribution in [2.75, 3.05) is 0 Å². The number of amides is 1. The number of aromatic nitrogens is 7. The second-order valence-corrected chi connectivity index (χ2v) is 7.18. The van der Waals surface area contributed by atoms with E-state index >= 15 is 0 Å². The number of carbonyl (C=O) groups is 1. The summed E-state index contributed by atoms with van der Waals surface area (Å²) in [5, 5.41) is 16.4. The topological polar surface area (TPSA) is 95.5 Å². The van der Waals surface area contributed by atoms with E-state index in [0.29, 0.717) is 4.68 Å². The molecule has 0 unspecified atom stereocenters. The lowest BCUT2D eigenvalue weighted by Gasteiger charge is -2.19. The number of halogens is 8. The van der Waals surface area contributed by atoms with Gasteiger partial charge in [0.2, 0.25) is 0 Å². The van der Waals surface area contributed by atoms with E-state index in [4.69, 9.17) is 0 Å². The van der Waals surface area contributed by atoms with Crippen molar-refractivity contribution in [2.45, 2.75) is 37.2 Å². The normalized spacial score (nSPS) is 15.2. The van der Waals surface area contributed by atoms with E-state index in [1.165, 1.54) is 0 Å². The molecule has 0 spiro atoms. The average molecular weight is 484 g/mol. The molecule has 1 aliphatic rings. The highest BCUT2D eigenvalue weighted by atomic mass is 19.4. The standard InChI is InChI=1S/C16H12F8N8O/c1-30-13(10(15(19,20)21)11(28-30)14(17,18)16(22,23)24)32-5-8(4-25-32)31-6-9(27-29-31)12(33)26-7-2-3-7/h4-7H,2-3H2,1H3,(H,26,33). The van der Waals surface area contributed by atoms with Gasteiger partial charge >= 0.3 is 18.3 Å². The zero-order valence-electron chi connectivity index (χ0n) is 16.3. The van der Waals surface area contributed by atoms with Crippen molar-refractivity contribution in [3.63, 3.8) is 0 Å². The zero-order valence-corrected chi connectivity index (χ0v) is 16.3. The van der Waals surface area contributed by atoms with E-state index in [0.717, 1.165) is 43.2 Å². The van der Waals surface area contributed by atoms with Crippen molar-refractivity contribution in [1.82, 2.24) is 39.9 Å². The Labute approximate surface area is 178 Å². The van der Waals surface area contributed by atoms with Gasteiger partial charge in [0.05, 0.1) is 18.6 Å². The van der Waals surface area contributed by atoms with Crippen LogP contribution in [0, 0.1) is 0 Å². The first-order valence-corrected chi connectivity index (χ1v) is 9.08. The van der Waals surface area contributed by atoms with Crippen LogP contribution in [0.4, 0.5) is 35.1 Å². The van der Waals surface area contributed by atoms with Gasteiger partial charge in [-0.05, 0) is 12.8 Å². The molecule has 3 heterocycles. The molecular formula is C16H12F8N8O. The molecule has 33 heavy (non-hydrogen) atoms. The molecule has 1 saturated carbocycles. The first-order chi connectivity index (χ1) is 15.2. The monoisotopic (exact) mass is 484 g/mol. The Kier molecular flexibility index (Phi) is 4.97. The van der Waals surface area contributed by atoms with Crippen molar-refractivity contribution in [2.24, 2.45) is 7.05 Å². The summed E-state index contributed by atoms with van der Waals surface area (Å²) >= 11 is 0. The highest BCUT2D eigenvalue weighted by Gasteiger charge is 2.64. The van der Waals surface area contributed by atoms with Gasteiger partial charge < -0.3 is 5.32 Å². The highest BCUT2D eigenvalue weighted by molar-refractivity contribution is 5.92. The Morgan fingerprint density at radius 3 is 2.30 bits per heavy atom. The van der Waals surface area contributed by atoms with Crippen molar-refractivity contribution < 1.29 is 39.9 Å². The van der Waals surface area contributed by atoms with E-state index in [2.05, 4.69) is 25.8 Å². The Hall–Kier alpha value is -3.53. The fraction of sp³-hybridized carbons (Fsp3) is 0.438. The lowest BCUT2D eigenvalue weighted by atomic mass is 10.1. The van der Waals surface area contributed by atoms with Gasteiger partial charge in [-0.2, -0.15) is 45.3 Å². The second kappa shape index (κ2) is 7.24. The number of alkyl halides is 8. The lowest BCUT2D eigenvalue weighted by molar-refractivity contribution is -0.292. The van der Waals surface area contributed by atoms with Crippen LogP contribution in [0.1, 0.15) is 34.6 Å². The van der Waals surface area contributed by atoms with E-state index in [1.54, 1.807) is 0 Å². The maximum Gasteiger partial charge on any atom is 0.459 e. The van der Waals surface area contributed by atoms with Crippen LogP contribution in [0.15, 0.2) is 18.6 Å². The molecule has 9 nitrogen and oxygen atoms in total. The molecule has 3 aromatic rings. The van der Waals surface area contributed by atoms with Crippen LogP contribution in [-0.4, -0.2) is 52.7 Å². The van der Waals surface area contributed by atoms with Crippen molar-refractivity contribution >= 4 is 5.91 Å². The third kappa shape index (κ3) is 4.02. The molecule has 3 aromatic heterocycles. The molecule has 0 bridgehead atoms. The number of hydrogen-bond acceptors (Lipinski definition) is 5. The number of aryl methyl sites for hydroxylation is 1. The van der Waals surface area contributed by atoms with Gasteiger partial charge in [0.25, 0.3) is 5.91 Å². The summed E-state index contributed by atoms with van der Waals surface area (Å²) in [6.45, 7) is 0. The quantitative estimate of drug-likeness (QED) is 0.562. The first kappa shape index (κ1) is 22.7. The summed E-state index contributed by atoms with van der Waals surface area (Å²) in [6.07, 6.45) is -7.34. The smallest absolute Gasteiger partial charge is 0.348 e. The Morgan fingerprint density at radius 2 is 1.73 bits per heavy atom. The van der Waals surface area contributed by atoms with E-state index < -0.39 is 41.3 Å². The minimum Gasteiger partial charge on any atom is -0.348 e. The van der Waals surface area contributed by atoms with Crippen LogP contribution in [0.5, 0.6) is 0 Å². The lowest BCUT2D eigenvalue weighted by Crippen LogP contribution is -2.36. The van der Waals surface area contributed by atoms with E-state index in [9.17, 15) is 39.9 Å². The number of rotatable bonds is 5. The number of hydrogen-bond donors (Lipinski definition) is 1. The SMILES string of the molecule is Cn1nc(C(F)(F)C(F)(F)F)c(C(F)(F)F)c1-n1cc(-n2cc(C(=O)NC3CC3)nn2)cn1. The van der Waals surface area contributed by atoms with Crippen LogP contribution in [0.25, 0.3) is 11.5 Å². The minimum absolute atomic E-state index is 0.0278. The first-order valence-electron chi connectivity index (χ1n) is 9.08. The van der Waals surface area contributed by atoms with Crippen LogP contribution >= 0.6 is 0 Å². The summed E-state index contributed by atoms with van der Waals surface area (Å²) in [6, 6.07) is 0.0278. The molecule has 1 fully saturated rings. The summed E-state index contributed by atoms with van der Waals surface area (Å²) in [5.74, 6) is -7.58. The molecule has 0 aliphatic heterocycles. The molecule has 0 aromatic carbocycles. The summed E-state index contributed by atoms with van der Waals surface area (Å²) < 4.78 is 108. The predicted octanol–water partition coefficient (Wildman–Crippen LogP) is 2.75. The molecule has 17 heteroatoms. The number of carbonyl (C=O) groups excluding carboxylic acids is 1. The largest absolute Gasteiger partial charge is 0.459 e. The van der Waals surface area contributed by atoms with Crippen LogP contribution in [-0.2, 0) is 19.1 Å². The number of nitrogens with one attached hydrogen (secondary N) is 1. The third-order valence-corrected chi connectivity index (χ3v) is 4.64. The van der Waals surface area contributed by atoms with Crippen LogP contribution in [0.2, 0.25) is 0 Å². The molecule has 4 rings (SSSR count). The molecule has 178 valence electrons. The molecule has 0 radical (unpaired) electrons. The average Bonchev–Trinajstić information content (AvgIpc) is 3.10. The van der Waals surface area contributed by atoms with Gasteiger partial charge in [-0.1, -0.05) is 5.21 Å². The molecular weight excluding hydrogens is 472 g/mol. The zero-order chi connectivity index (χ0) is 24.3. The second-order valence-electron chi connectivity index (χ2n) is 7.18. The van der Waals surface area contributed by atoms with Crippen molar-refractivity contribution in [3.8, 4) is 11.5 Å². The van der Waals surface area contributed by atoms with E-state index in [1.807, 2.05) is 0 Å². The van der Waals surface area contributed by atoms with Gasteiger partial charge in [0, 0.05) is 13.1 Å². The fourth-order valence-electron chi connectivity index (χ4n) is 2.92. The molecule has 0 saturated heterocycles. The Morgan fingerprint density at radius 1 is 1.06 bits per heavy atom. The summed E-state index contributed by atoms with van der Waals surface area (Å²) in [7, 11) is 0.762. The van der Waals surface area contributed by atoms with Crippen molar-refractivity contribution in [3.05, 3.63) is 35.5 Å². The van der Waals surface area contributed by atoms with Gasteiger partial charge in [-0.3, -0.25) is 4.79 Å². The van der Waals surface area contributed by atoms with E-state index in [-0.39, 0.29) is 22.1 Å². The Bertz CT molecular complexity index is 1200. The van der Waals surface area contributed by atoms with Crippen LogP contribution < -0.4 is 5.32 Å². The predicted molar refractivity (Wildman–Crippen MR) is 90.7 cm³/mol. The fourth-order valence-corrected chi connectivity index (χ4v) is 2.92. The molecule has 0 atom stereocenters. The Balaban J connectivity index is 1.74. The number of nitrogens with zero attached hydrogens (tertiary/aromatic N) is 7. The minimum atomic E-state index is -6.31.